The molecular weight excluding hydrogens is 440 g/mol. The molecule has 178 valence electrons. The van der Waals surface area contributed by atoms with Gasteiger partial charge in [-0.2, -0.15) is 0 Å². The number of benzene rings is 2. The maximum absolute atomic E-state index is 11.5. The molecule has 0 bridgehead atoms. The zero-order valence-corrected chi connectivity index (χ0v) is 19.5. The Bertz CT molecular complexity index is 1370. The number of aromatic amines is 1. The second-order valence-corrected chi connectivity index (χ2v) is 9.41. The number of anilines is 1. The zero-order valence-electron chi connectivity index (χ0n) is 19.5. The average Bonchev–Trinajstić information content (AvgIpc) is 3.55. The van der Waals surface area contributed by atoms with Crippen molar-refractivity contribution in [2.75, 3.05) is 24.5 Å². The lowest BCUT2D eigenvalue weighted by Gasteiger charge is -2.27. The lowest BCUT2D eigenvalue weighted by molar-refractivity contribution is 0.0705. The summed E-state index contributed by atoms with van der Waals surface area (Å²) in [6, 6.07) is 15.6. The molecule has 2 aromatic heterocycles. The molecule has 6 rings (SSSR count). The van der Waals surface area contributed by atoms with E-state index in [1.807, 2.05) is 0 Å². The maximum Gasteiger partial charge on any atom is 0.277 e. The van der Waals surface area contributed by atoms with E-state index in [-0.39, 0.29) is 5.56 Å². The number of aromatic nitrogens is 3. The van der Waals surface area contributed by atoms with E-state index in [2.05, 4.69) is 67.2 Å². The summed E-state index contributed by atoms with van der Waals surface area (Å²) < 4.78 is 0. The summed E-state index contributed by atoms with van der Waals surface area (Å²) in [6.45, 7) is 4.92. The fourth-order valence-electron chi connectivity index (χ4n) is 5.29. The Balaban J connectivity index is 1.24. The van der Waals surface area contributed by atoms with E-state index >= 15 is 0 Å². The minimum absolute atomic E-state index is 0.220. The van der Waals surface area contributed by atoms with Crippen LogP contribution in [0.15, 0.2) is 54.9 Å². The first kappa shape index (κ1) is 21.8. The first-order valence-corrected chi connectivity index (χ1v) is 12.1. The van der Waals surface area contributed by atoms with Crippen molar-refractivity contribution in [1.29, 1.82) is 0 Å². The van der Waals surface area contributed by atoms with Gasteiger partial charge in [0.2, 0.25) is 5.95 Å². The summed E-state index contributed by atoms with van der Waals surface area (Å²) in [5.41, 5.74) is 9.33. The number of hydrogen-bond acceptors (Lipinski definition) is 6. The number of rotatable bonds is 5. The molecule has 2 aromatic carbocycles. The molecule has 0 unspecified atom stereocenters. The van der Waals surface area contributed by atoms with Gasteiger partial charge in [0.25, 0.3) is 5.91 Å². The van der Waals surface area contributed by atoms with Gasteiger partial charge < -0.3 is 9.88 Å². The van der Waals surface area contributed by atoms with Crippen molar-refractivity contribution in [3.05, 3.63) is 77.2 Å². The lowest BCUT2D eigenvalue weighted by Crippen LogP contribution is -2.31. The van der Waals surface area contributed by atoms with Gasteiger partial charge >= 0.3 is 0 Å². The second kappa shape index (κ2) is 9.13. The van der Waals surface area contributed by atoms with Gasteiger partial charge in [0.05, 0.1) is 5.56 Å². The molecule has 0 atom stereocenters. The predicted molar refractivity (Wildman–Crippen MR) is 134 cm³/mol. The molecule has 4 aromatic rings. The molecular formula is C27H28N6O2. The van der Waals surface area contributed by atoms with E-state index in [1.165, 1.54) is 71.7 Å². The largest absolute Gasteiger partial charge is 0.358 e. The quantitative estimate of drug-likeness (QED) is 0.304. The van der Waals surface area contributed by atoms with Gasteiger partial charge in [-0.15, -0.1) is 0 Å². The van der Waals surface area contributed by atoms with Gasteiger partial charge in [-0.05, 0) is 54.8 Å². The molecule has 2 aliphatic rings. The molecule has 0 radical (unpaired) electrons. The van der Waals surface area contributed by atoms with Crippen molar-refractivity contribution in [3.63, 3.8) is 0 Å². The van der Waals surface area contributed by atoms with Gasteiger partial charge in [-0.25, -0.2) is 15.4 Å². The highest BCUT2D eigenvalue weighted by atomic mass is 16.5. The Hall–Kier alpha value is -3.75. The number of carbonyl (C=O) groups is 1. The Morgan fingerprint density at radius 1 is 1.03 bits per heavy atom. The number of likely N-dealkylation sites (tertiary alicyclic amines) is 1. The molecule has 0 spiro atoms. The summed E-state index contributed by atoms with van der Waals surface area (Å²) in [6.07, 6.45) is 6.35. The third-order valence-corrected chi connectivity index (χ3v) is 7.13. The fourth-order valence-corrected chi connectivity index (χ4v) is 5.29. The minimum atomic E-state index is -0.619. The highest BCUT2D eigenvalue weighted by Crippen LogP contribution is 2.32. The van der Waals surface area contributed by atoms with Crippen LogP contribution in [-0.4, -0.2) is 50.6 Å². The van der Waals surface area contributed by atoms with E-state index in [0.29, 0.717) is 12.5 Å². The van der Waals surface area contributed by atoms with E-state index in [9.17, 15) is 4.79 Å². The van der Waals surface area contributed by atoms with Gasteiger partial charge in [-0.1, -0.05) is 30.3 Å². The van der Waals surface area contributed by atoms with Crippen LogP contribution in [0.2, 0.25) is 0 Å². The van der Waals surface area contributed by atoms with Gasteiger partial charge in [-0.3, -0.25) is 14.9 Å². The van der Waals surface area contributed by atoms with Crippen molar-refractivity contribution in [1.82, 2.24) is 25.3 Å². The summed E-state index contributed by atoms with van der Waals surface area (Å²) in [4.78, 5) is 28.5. The number of H-pyrrole nitrogens is 1. The third-order valence-electron chi connectivity index (χ3n) is 7.13. The lowest BCUT2D eigenvalue weighted by atomic mass is 9.99. The molecule has 35 heavy (non-hydrogen) atoms. The molecule has 1 amide bonds. The molecule has 8 heteroatoms. The number of fused-ring (bicyclic) bond motifs is 3. The first-order chi connectivity index (χ1) is 17.2. The van der Waals surface area contributed by atoms with Crippen LogP contribution in [0.25, 0.3) is 22.0 Å². The first-order valence-electron chi connectivity index (χ1n) is 12.1. The maximum atomic E-state index is 11.5. The highest BCUT2D eigenvalue weighted by Gasteiger charge is 2.23. The van der Waals surface area contributed by atoms with Crippen LogP contribution in [0.5, 0.6) is 0 Å². The number of amides is 1. The fraction of sp³-hybridized carbons (Fsp3) is 0.296. The van der Waals surface area contributed by atoms with Crippen molar-refractivity contribution in [3.8, 4) is 11.1 Å². The molecule has 1 saturated heterocycles. The van der Waals surface area contributed by atoms with Crippen LogP contribution in [0.3, 0.4) is 0 Å². The van der Waals surface area contributed by atoms with Crippen LogP contribution < -0.4 is 10.4 Å². The van der Waals surface area contributed by atoms with Crippen molar-refractivity contribution >= 4 is 22.8 Å². The SMILES string of the molecule is O=C(NO)c1cnc(N2CCc3[nH]c4cc(-c5cccc(CN6CCCC6)c5)ccc4c3C2)nc1. The molecule has 2 aliphatic heterocycles. The van der Waals surface area contributed by atoms with Crippen molar-refractivity contribution in [2.24, 2.45) is 0 Å². The number of nitrogens with one attached hydrogen (secondary N) is 2. The van der Waals surface area contributed by atoms with Gasteiger partial charge in [0.15, 0.2) is 0 Å². The number of nitrogens with zero attached hydrogens (tertiary/aromatic N) is 4. The molecule has 4 heterocycles. The van der Waals surface area contributed by atoms with Crippen LogP contribution in [0.1, 0.15) is 40.0 Å². The minimum Gasteiger partial charge on any atom is -0.358 e. The second-order valence-electron chi connectivity index (χ2n) is 9.41. The van der Waals surface area contributed by atoms with E-state index in [1.54, 1.807) is 5.48 Å². The summed E-state index contributed by atoms with van der Waals surface area (Å²) in [7, 11) is 0. The summed E-state index contributed by atoms with van der Waals surface area (Å²) >= 11 is 0. The number of carbonyl (C=O) groups excluding carboxylic acids is 1. The molecule has 0 aliphatic carbocycles. The van der Waals surface area contributed by atoms with Crippen LogP contribution in [0.4, 0.5) is 5.95 Å². The van der Waals surface area contributed by atoms with Crippen LogP contribution in [-0.2, 0) is 19.5 Å². The molecule has 1 fully saturated rings. The number of hydroxylamine groups is 1. The Kier molecular flexibility index (Phi) is 5.67. The molecule has 0 saturated carbocycles. The monoisotopic (exact) mass is 468 g/mol. The Morgan fingerprint density at radius 2 is 1.83 bits per heavy atom. The van der Waals surface area contributed by atoms with Gasteiger partial charge in [0, 0.05) is 60.6 Å². The predicted octanol–water partition coefficient (Wildman–Crippen LogP) is 3.90. The Labute approximate surface area is 203 Å². The normalized spacial score (nSPS) is 16.0. The standard InChI is InChI=1S/C27H28N6O2/c34-26(31-35)21-14-28-27(29-15-21)33-11-8-24-23(17-33)22-7-6-20(13-25(22)30-24)19-5-3-4-18(12-19)16-32-9-1-2-10-32/h3-7,12-15,30,35H,1-2,8-11,16-17H2,(H,31,34). The van der Waals surface area contributed by atoms with E-state index < -0.39 is 5.91 Å². The smallest absolute Gasteiger partial charge is 0.277 e. The van der Waals surface area contributed by atoms with E-state index in [0.717, 1.165) is 25.0 Å². The zero-order chi connectivity index (χ0) is 23.8. The summed E-state index contributed by atoms with van der Waals surface area (Å²) in [5, 5.41) is 10.0. The summed E-state index contributed by atoms with van der Waals surface area (Å²) in [5.74, 6) is -0.0441. The topological polar surface area (TPSA) is 97.4 Å². The average molecular weight is 469 g/mol. The Morgan fingerprint density at radius 3 is 2.63 bits per heavy atom. The third kappa shape index (κ3) is 4.26. The molecule has 3 N–H and O–H groups in total. The van der Waals surface area contributed by atoms with Crippen LogP contribution >= 0.6 is 0 Å². The highest BCUT2D eigenvalue weighted by molar-refractivity contribution is 5.92. The number of hydrogen-bond donors (Lipinski definition) is 3. The molecule has 8 nitrogen and oxygen atoms in total. The van der Waals surface area contributed by atoms with E-state index in [4.69, 9.17) is 5.21 Å². The van der Waals surface area contributed by atoms with Gasteiger partial charge in [0.1, 0.15) is 0 Å². The van der Waals surface area contributed by atoms with Crippen molar-refractivity contribution < 1.29 is 10.0 Å². The van der Waals surface area contributed by atoms with Crippen molar-refractivity contribution in [2.45, 2.75) is 32.4 Å². The van der Waals surface area contributed by atoms with Crippen LogP contribution in [0, 0.1) is 0 Å².